The van der Waals surface area contributed by atoms with Crippen LogP contribution in [-0.4, -0.2) is 65.5 Å². The minimum Gasteiger partial charge on any atom is -0.337 e. The molecule has 202 valence electrons. The van der Waals surface area contributed by atoms with Gasteiger partial charge in [-0.2, -0.15) is 0 Å². The monoisotopic (exact) mass is 541 g/mol. The Kier molecular flexibility index (Phi) is 8.85. The molecule has 1 aliphatic rings. The van der Waals surface area contributed by atoms with Crippen molar-refractivity contribution < 1.29 is 9.59 Å². The van der Waals surface area contributed by atoms with Gasteiger partial charge in [0.2, 0.25) is 5.91 Å². The van der Waals surface area contributed by atoms with Crippen LogP contribution in [0.15, 0.2) is 84.9 Å². The number of fused-ring (bicyclic) bond motifs is 1. The van der Waals surface area contributed by atoms with Crippen molar-refractivity contribution in [1.82, 2.24) is 20.1 Å². The number of carbonyl (C=O) groups excluding carboxylic acids is 2. The summed E-state index contributed by atoms with van der Waals surface area (Å²) in [5, 5.41) is 6.90. The van der Waals surface area contributed by atoms with E-state index in [9.17, 15) is 9.59 Å². The maximum absolute atomic E-state index is 13.6. The first-order valence-electron chi connectivity index (χ1n) is 13.6. The van der Waals surface area contributed by atoms with Crippen molar-refractivity contribution in [3.63, 3.8) is 0 Å². The normalized spacial score (nSPS) is 15.4. The van der Waals surface area contributed by atoms with Crippen LogP contribution in [-0.2, 0) is 4.79 Å². The van der Waals surface area contributed by atoms with Crippen LogP contribution in [0, 0.1) is 0 Å². The Labute approximate surface area is 233 Å². The predicted octanol–water partition coefficient (Wildman–Crippen LogP) is 5.56. The number of hydrogen-bond donors (Lipinski definition) is 2. The summed E-state index contributed by atoms with van der Waals surface area (Å²) in [6.45, 7) is 5.21. The molecule has 1 fully saturated rings. The first kappa shape index (κ1) is 26.8. The summed E-state index contributed by atoms with van der Waals surface area (Å²) >= 11 is 1.46. The topological polar surface area (TPSA) is 77.6 Å². The van der Waals surface area contributed by atoms with Crippen LogP contribution in [0.2, 0.25) is 0 Å². The van der Waals surface area contributed by atoms with Gasteiger partial charge in [-0.1, -0.05) is 84.1 Å². The number of urea groups is 1. The van der Waals surface area contributed by atoms with Gasteiger partial charge in [-0.3, -0.25) is 10.1 Å². The van der Waals surface area contributed by atoms with E-state index >= 15 is 0 Å². The molecule has 2 N–H and O–H groups in total. The number of aromatic nitrogens is 1. The summed E-state index contributed by atoms with van der Waals surface area (Å²) in [5.41, 5.74) is 3.28. The number of benzene rings is 3. The molecular formula is C31H35N5O2S. The number of nitrogens with zero attached hydrogens (tertiary/aromatic N) is 3. The van der Waals surface area contributed by atoms with E-state index in [1.54, 1.807) is 4.90 Å². The van der Waals surface area contributed by atoms with Gasteiger partial charge in [0.25, 0.3) is 0 Å². The molecular weight excluding hydrogens is 506 g/mol. The molecule has 39 heavy (non-hydrogen) atoms. The molecule has 4 aromatic rings. The van der Waals surface area contributed by atoms with Gasteiger partial charge in [-0.15, -0.1) is 0 Å². The fourth-order valence-corrected chi connectivity index (χ4v) is 6.03. The standard InChI is InChI=1S/C31H35N5O2S/c1-23-22-32-18-21-36(23)29(37)17-20-35(31(38)34-30-33-27-14-8-9-15-28(27)39-30)19-16-26(24-10-4-2-5-11-24)25-12-6-3-7-13-25/h2-15,23,26,32H,16-22H2,1H3,(H,33,34,38)/t23-/m0/s1. The third-order valence-corrected chi connectivity index (χ3v) is 8.26. The minimum absolute atomic E-state index is 0.0875. The Morgan fingerprint density at radius 1 is 1.00 bits per heavy atom. The number of para-hydroxylation sites is 1. The molecule has 0 unspecified atom stereocenters. The molecule has 1 atom stereocenters. The SMILES string of the molecule is C[C@H]1CNCCN1C(=O)CCN(CCC(c1ccccc1)c1ccccc1)C(=O)Nc1nc2ccccc2s1. The molecule has 0 radical (unpaired) electrons. The van der Waals surface area contributed by atoms with E-state index in [0.29, 0.717) is 31.2 Å². The van der Waals surface area contributed by atoms with E-state index < -0.39 is 0 Å². The van der Waals surface area contributed by atoms with Crippen LogP contribution < -0.4 is 10.6 Å². The van der Waals surface area contributed by atoms with E-state index in [1.165, 1.54) is 22.5 Å². The van der Waals surface area contributed by atoms with Gasteiger partial charge in [0, 0.05) is 51.1 Å². The molecule has 2 heterocycles. The maximum atomic E-state index is 13.6. The van der Waals surface area contributed by atoms with Crippen LogP contribution in [0.25, 0.3) is 10.2 Å². The number of thiazole rings is 1. The van der Waals surface area contributed by atoms with E-state index in [2.05, 4.69) is 71.1 Å². The first-order valence-corrected chi connectivity index (χ1v) is 14.4. The molecule has 8 heteroatoms. The van der Waals surface area contributed by atoms with Crippen molar-refractivity contribution in [3.8, 4) is 0 Å². The summed E-state index contributed by atoms with van der Waals surface area (Å²) in [4.78, 5) is 35.0. The number of hydrogen-bond acceptors (Lipinski definition) is 5. The van der Waals surface area contributed by atoms with Crippen LogP contribution >= 0.6 is 11.3 Å². The van der Waals surface area contributed by atoms with Crippen LogP contribution in [0.4, 0.5) is 9.93 Å². The minimum atomic E-state index is -0.227. The summed E-state index contributed by atoms with van der Waals surface area (Å²) in [7, 11) is 0. The highest BCUT2D eigenvalue weighted by atomic mass is 32.1. The average Bonchev–Trinajstić information content (AvgIpc) is 3.38. The fraction of sp³-hybridized carbons (Fsp3) is 0.323. The third-order valence-electron chi connectivity index (χ3n) is 7.30. The number of nitrogens with one attached hydrogen (secondary N) is 2. The summed E-state index contributed by atoms with van der Waals surface area (Å²) in [6.07, 6.45) is 1.03. The Morgan fingerprint density at radius 3 is 2.33 bits per heavy atom. The highest BCUT2D eigenvalue weighted by Crippen LogP contribution is 2.29. The molecule has 1 aromatic heterocycles. The second-order valence-corrected chi connectivity index (χ2v) is 11.0. The lowest BCUT2D eigenvalue weighted by molar-refractivity contribution is -0.134. The van der Waals surface area contributed by atoms with E-state index in [0.717, 1.165) is 29.7 Å². The van der Waals surface area contributed by atoms with Gasteiger partial charge < -0.3 is 15.1 Å². The van der Waals surface area contributed by atoms with Gasteiger partial charge >= 0.3 is 6.03 Å². The molecule has 1 aliphatic heterocycles. The summed E-state index contributed by atoms with van der Waals surface area (Å²) in [5.74, 6) is 0.221. The second-order valence-electron chi connectivity index (χ2n) is 9.96. The molecule has 0 spiro atoms. The van der Waals surface area contributed by atoms with Crippen LogP contribution in [0.3, 0.4) is 0 Å². The highest BCUT2D eigenvalue weighted by molar-refractivity contribution is 7.22. The lowest BCUT2D eigenvalue weighted by Gasteiger charge is -2.34. The Bertz CT molecular complexity index is 1310. The summed E-state index contributed by atoms with van der Waals surface area (Å²) < 4.78 is 1.02. The highest BCUT2D eigenvalue weighted by Gasteiger charge is 2.25. The van der Waals surface area contributed by atoms with Crippen LogP contribution in [0.5, 0.6) is 0 Å². The number of anilines is 1. The Balaban J connectivity index is 1.33. The molecule has 3 amide bonds. The van der Waals surface area contributed by atoms with Gasteiger partial charge in [0.05, 0.1) is 10.2 Å². The van der Waals surface area contributed by atoms with E-state index in [1.807, 2.05) is 41.3 Å². The Hall–Kier alpha value is -3.75. The zero-order chi connectivity index (χ0) is 27.0. The third kappa shape index (κ3) is 6.82. The largest absolute Gasteiger partial charge is 0.337 e. The molecule has 5 rings (SSSR count). The number of carbonyl (C=O) groups is 2. The van der Waals surface area contributed by atoms with Crippen molar-refractivity contribution in [2.24, 2.45) is 0 Å². The zero-order valence-electron chi connectivity index (χ0n) is 22.3. The van der Waals surface area contributed by atoms with Crippen molar-refractivity contribution in [1.29, 1.82) is 0 Å². The van der Waals surface area contributed by atoms with Gasteiger partial charge in [0.15, 0.2) is 5.13 Å². The molecule has 3 aromatic carbocycles. The lowest BCUT2D eigenvalue weighted by atomic mass is 9.88. The molecule has 7 nitrogen and oxygen atoms in total. The number of piperazine rings is 1. The predicted molar refractivity (Wildman–Crippen MR) is 158 cm³/mol. The Morgan fingerprint density at radius 2 is 1.67 bits per heavy atom. The lowest BCUT2D eigenvalue weighted by Crippen LogP contribution is -2.52. The van der Waals surface area contributed by atoms with Crippen LogP contribution in [0.1, 0.15) is 36.8 Å². The average molecular weight is 542 g/mol. The van der Waals surface area contributed by atoms with Crippen molar-refractivity contribution in [3.05, 3.63) is 96.1 Å². The van der Waals surface area contributed by atoms with Gasteiger partial charge in [-0.25, -0.2) is 9.78 Å². The number of rotatable bonds is 9. The number of amides is 3. The molecule has 0 aliphatic carbocycles. The van der Waals surface area contributed by atoms with Gasteiger partial charge in [-0.05, 0) is 36.6 Å². The fourth-order valence-electron chi connectivity index (χ4n) is 5.18. The smallest absolute Gasteiger partial charge is 0.323 e. The van der Waals surface area contributed by atoms with Crippen molar-refractivity contribution >= 4 is 38.6 Å². The molecule has 0 saturated carbocycles. The molecule has 0 bridgehead atoms. The van der Waals surface area contributed by atoms with Gasteiger partial charge in [0.1, 0.15) is 0 Å². The summed E-state index contributed by atoms with van der Waals surface area (Å²) in [6, 6.07) is 28.6. The van der Waals surface area contributed by atoms with E-state index in [-0.39, 0.29) is 23.9 Å². The van der Waals surface area contributed by atoms with Crippen molar-refractivity contribution in [2.75, 3.05) is 38.0 Å². The quantitative estimate of drug-likeness (QED) is 0.291. The maximum Gasteiger partial charge on any atom is 0.323 e. The second kappa shape index (κ2) is 12.9. The van der Waals surface area contributed by atoms with Crippen molar-refractivity contribution in [2.45, 2.75) is 31.7 Å². The van der Waals surface area contributed by atoms with E-state index in [4.69, 9.17) is 0 Å². The first-order chi connectivity index (χ1) is 19.1. The molecule has 1 saturated heterocycles. The zero-order valence-corrected chi connectivity index (χ0v) is 23.1.